The lowest BCUT2D eigenvalue weighted by Gasteiger charge is -1.99. The highest BCUT2D eigenvalue weighted by atomic mass is 15.1. The van der Waals surface area contributed by atoms with Gasteiger partial charge in [-0.3, -0.25) is 0 Å². The molecule has 2 heterocycles. The zero-order valence-corrected chi connectivity index (χ0v) is 10.7. The Morgan fingerprint density at radius 3 is 2.89 bits per heavy atom. The smallest absolute Gasteiger partial charge is 0.200 e. The van der Waals surface area contributed by atoms with E-state index in [1.54, 1.807) is 0 Å². The second-order valence-electron chi connectivity index (χ2n) is 4.32. The van der Waals surface area contributed by atoms with Gasteiger partial charge in [0.15, 0.2) is 5.95 Å². The summed E-state index contributed by atoms with van der Waals surface area (Å²) in [5.74, 6) is 1.78. The molecule has 5 heteroatoms. The number of aryl methyl sites for hydroxylation is 2. The third kappa shape index (κ3) is 1.55. The molecule has 18 heavy (non-hydrogen) atoms. The van der Waals surface area contributed by atoms with Gasteiger partial charge in [0.05, 0.1) is 22.9 Å². The zero-order chi connectivity index (χ0) is 12.7. The molecule has 0 fully saturated rings. The van der Waals surface area contributed by atoms with Crippen LogP contribution >= 0.6 is 0 Å². The number of nitrogens with one attached hydrogen (secondary N) is 2. The van der Waals surface area contributed by atoms with E-state index in [1.807, 2.05) is 27.2 Å². The van der Waals surface area contributed by atoms with Crippen molar-refractivity contribution in [2.75, 3.05) is 12.4 Å². The number of anilines is 1. The highest BCUT2D eigenvalue weighted by Gasteiger charge is 2.07. The number of hydrogen-bond acceptors (Lipinski definition) is 3. The van der Waals surface area contributed by atoms with Crippen molar-refractivity contribution in [1.82, 2.24) is 19.5 Å². The van der Waals surface area contributed by atoms with Crippen LogP contribution in [0.2, 0.25) is 0 Å². The van der Waals surface area contributed by atoms with Crippen molar-refractivity contribution in [3.8, 4) is 11.3 Å². The van der Waals surface area contributed by atoms with Crippen molar-refractivity contribution in [2.24, 2.45) is 7.05 Å². The molecule has 92 valence electrons. The van der Waals surface area contributed by atoms with Crippen LogP contribution in [0.25, 0.3) is 22.3 Å². The summed E-state index contributed by atoms with van der Waals surface area (Å²) >= 11 is 0. The predicted molar refractivity (Wildman–Crippen MR) is 72.6 cm³/mol. The number of H-pyrrole nitrogens is 1. The molecule has 3 aromatic rings. The van der Waals surface area contributed by atoms with Crippen molar-refractivity contribution >= 4 is 17.0 Å². The maximum Gasteiger partial charge on any atom is 0.200 e. The minimum atomic E-state index is 0.766. The van der Waals surface area contributed by atoms with Gasteiger partial charge in [-0.2, -0.15) is 0 Å². The summed E-state index contributed by atoms with van der Waals surface area (Å²) in [6.07, 6.45) is 1.82. The maximum atomic E-state index is 4.54. The summed E-state index contributed by atoms with van der Waals surface area (Å²) < 4.78 is 2.09. The molecule has 1 aromatic carbocycles. The number of aromatic amines is 1. The van der Waals surface area contributed by atoms with E-state index >= 15 is 0 Å². The fourth-order valence-electron chi connectivity index (χ4n) is 2.08. The third-order valence-electron chi connectivity index (χ3n) is 3.23. The van der Waals surface area contributed by atoms with Crippen molar-refractivity contribution < 1.29 is 0 Å². The van der Waals surface area contributed by atoms with Crippen LogP contribution in [0.4, 0.5) is 5.95 Å². The molecule has 2 N–H and O–H groups in total. The van der Waals surface area contributed by atoms with Gasteiger partial charge in [-0.1, -0.05) is 6.07 Å². The van der Waals surface area contributed by atoms with Crippen LogP contribution in [0.15, 0.2) is 24.4 Å². The Hall–Kier alpha value is -2.30. The van der Waals surface area contributed by atoms with Gasteiger partial charge in [0.25, 0.3) is 0 Å². The first-order valence-electron chi connectivity index (χ1n) is 5.85. The lowest BCUT2D eigenvalue weighted by molar-refractivity contribution is 0.886. The molecule has 5 nitrogen and oxygen atoms in total. The van der Waals surface area contributed by atoms with Gasteiger partial charge in [-0.25, -0.2) is 9.97 Å². The Kier molecular flexibility index (Phi) is 2.33. The summed E-state index contributed by atoms with van der Waals surface area (Å²) in [5.41, 5.74) is 4.23. The summed E-state index contributed by atoms with van der Waals surface area (Å²) in [5, 5.41) is 2.98. The van der Waals surface area contributed by atoms with Crippen LogP contribution in [0.1, 0.15) is 5.82 Å². The fraction of sp³-hybridized carbons (Fsp3) is 0.231. The number of fused-ring (bicyclic) bond motifs is 1. The molecule has 0 saturated carbocycles. The third-order valence-corrected chi connectivity index (χ3v) is 3.23. The summed E-state index contributed by atoms with van der Waals surface area (Å²) in [4.78, 5) is 12.0. The van der Waals surface area contributed by atoms with E-state index in [0.29, 0.717) is 0 Å². The van der Waals surface area contributed by atoms with E-state index in [4.69, 9.17) is 0 Å². The van der Waals surface area contributed by atoms with Crippen LogP contribution in [0.3, 0.4) is 0 Å². The van der Waals surface area contributed by atoms with Crippen molar-refractivity contribution in [3.05, 3.63) is 30.2 Å². The van der Waals surface area contributed by atoms with Gasteiger partial charge >= 0.3 is 0 Å². The van der Waals surface area contributed by atoms with E-state index in [0.717, 1.165) is 34.1 Å². The van der Waals surface area contributed by atoms with Gasteiger partial charge in [-0.05, 0) is 19.1 Å². The summed E-state index contributed by atoms with van der Waals surface area (Å²) in [6.45, 7) is 2.01. The molecule has 0 aliphatic rings. The van der Waals surface area contributed by atoms with E-state index in [2.05, 4.69) is 43.0 Å². The number of hydrogen-bond donors (Lipinski definition) is 2. The Labute approximate surface area is 105 Å². The number of aromatic nitrogens is 4. The van der Waals surface area contributed by atoms with E-state index in [1.165, 1.54) is 0 Å². The average Bonchev–Trinajstić information content (AvgIpc) is 2.95. The molecule has 0 unspecified atom stereocenters. The van der Waals surface area contributed by atoms with Gasteiger partial charge in [0.1, 0.15) is 5.82 Å². The molecule has 0 aliphatic heterocycles. The molecule has 0 amide bonds. The molecule has 0 aliphatic carbocycles. The molecule has 3 rings (SSSR count). The Morgan fingerprint density at radius 1 is 1.33 bits per heavy atom. The van der Waals surface area contributed by atoms with Crippen molar-refractivity contribution in [1.29, 1.82) is 0 Å². The SMILES string of the molecule is CNc1ncc(-c2ccc3c(c2)nc(C)n3C)[nH]1. The van der Waals surface area contributed by atoms with Gasteiger partial charge in [0, 0.05) is 19.7 Å². The Balaban J connectivity index is 2.13. The van der Waals surface area contributed by atoms with E-state index < -0.39 is 0 Å². The molecular weight excluding hydrogens is 226 g/mol. The second-order valence-corrected chi connectivity index (χ2v) is 4.32. The molecule has 0 atom stereocenters. The standard InChI is InChI=1S/C13H15N5/c1-8-16-10-6-9(4-5-12(10)18(8)3)11-7-15-13(14-2)17-11/h4-7H,1-3H3,(H2,14,15,17). The Bertz CT molecular complexity index is 707. The molecule has 0 saturated heterocycles. The maximum absolute atomic E-state index is 4.54. The minimum Gasteiger partial charge on any atom is -0.359 e. The lowest BCUT2D eigenvalue weighted by Crippen LogP contribution is -1.90. The van der Waals surface area contributed by atoms with Gasteiger partial charge in [0.2, 0.25) is 0 Å². The van der Waals surface area contributed by atoms with E-state index in [9.17, 15) is 0 Å². The normalized spacial score (nSPS) is 11.1. The largest absolute Gasteiger partial charge is 0.359 e. The van der Waals surface area contributed by atoms with Gasteiger partial charge < -0.3 is 14.9 Å². The first kappa shape index (κ1) is 10.8. The topological polar surface area (TPSA) is 58.5 Å². The number of rotatable bonds is 2. The lowest BCUT2D eigenvalue weighted by atomic mass is 10.1. The summed E-state index contributed by atoms with van der Waals surface area (Å²) in [7, 11) is 3.87. The van der Waals surface area contributed by atoms with Crippen LogP contribution in [-0.4, -0.2) is 26.6 Å². The monoisotopic (exact) mass is 241 g/mol. The average molecular weight is 241 g/mol. The minimum absolute atomic E-state index is 0.766. The van der Waals surface area contributed by atoms with Crippen LogP contribution in [0, 0.1) is 6.92 Å². The number of nitrogens with zero attached hydrogens (tertiary/aromatic N) is 3. The first-order valence-corrected chi connectivity index (χ1v) is 5.85. The highest BCUT2D eigenvalue weighted by Crippen LogP contribution is 2.23. The van der Waals surface area contributed by atoms with Crippen molar-refractivity contribution in [3.63, 3.8) is 0 Å². The zero-order valence-electron chi connectivity index (χ0n) is 10.7. The quantitative estimate of drug-likeness (QED) is 0.724. The Morgan fingerprint density at radius 2 is 2.17 bits per heavy atom. The highest BCUT2D eigenvalue weighted by molar-refractivity contribution is 5.81. The van der Waals surface area contributed by atoms with Crippen LogP contribution in [0.5, 0.6) is 0 Å². The first-order chi connectivity index (χ1) is 8.69. The van der Waals surface area contributed by atoms with Crippen LogP contribution in [-0.2, 0) is 7.05 Å². The predicted octanol–water partition coefficient (Wildman–Crippen LogP) is 2.31. The molecule has 2 aromatic heterocycles. The molecular formula is C13H15N5. The van der Waals surface area contributed by atoms with Crippen LogP contribution < -0.4 is 5.32 Å². The van der Waals surface area contributed by atoms with E-state index in [-0.39, 0.29) is 0 Å². The molecule has 0 radical (unpaired) electrons. The van der Waals surface area contributed by atoms with Crippen molar-refractivity contribution in [2.45, 2.75) is 6.92 Å². The molecule has 0 spiro atoms. The second kappa shape index (κ2) is 3.87. The fourth-order valence-corrected chi connectivity index (χ4v) is 2.08. The molecule has 0 bridgehead atoms. The summed E-state index contributed by atoms with van der Waals surface area (Å²) in [6, 6.07) is 6.25. The number of benzene rings is 1. The van der Waals surface area contributed by atoms with Gasteiger partial charge in [-0.15, -0.1) is 0 Å². The number of imidazole rings is 2.